The van der Waals surface area contributed by atoms with Crippen molar-refractivity contribution in [2.45, 2.75) is 26.8 Å². The zero-order chi connectivity index (χ0) is 14.4. The van der Waals surface area contributed by atoms with Gasteiger partial charge in [0.1, 0.15) is 5.69 Å². The Labute approximate surface area is 122 Å². The fraction of sp³-hybridized carbons (Fsp3) is 0.692. The van der Waals surface area contributed by atoms with Gasteiger partial charge in [-0.15, -0.1) is 0 Å². The van der Waals surface area contributed by atoms with Gasteiger partial charge in [-0.25, -0.2) is 0 Å². The van der Waals surface area contributed by atoms with Crippen molar-refractivity contribution in [3.05, 3.63) is 16.4 Å². The minimum atomic E-state index is -0.158. The summed E-state index contributed by atoms with van der Waals surface area (Å²) in [6.07, 6.45) is 2.43. The molecule has 0 bridgehead atoms. The van der Waals surface area contributed by atoms with Gasteiger partial charge < -0.3 is 10.5 Å². The van der Waals surface area contributed by atoms with Crippen molar-refractivity contribution in [2.24, 2.45) is 17.6 Å². The SMILES string of the molecule is COCCn1ncc(Br)c1C(=O)C(CN)CC(C)C. The second-order valence-electron chi connectivity index (χ2n) is 4.98. The first-order chi connectivity index (χ1) is 9.01. The maximum Gasteiger partial charge on any atom is 0.186 e. The van der Waals surface area contributed by atoms with Crippen LogP contribution in [-0.4, -0.2) is 35.8 Å². The molecular formula is C13H22BrN3O2. The lowest BCUT2D eigenvalue weighted by molar-refractivity contribution is 0.0893. The van der Waals surface area contributed by atoms with Crippen LogP contribution in [0.4, 0.5) is 0 Å². The molecule has 108 valence electrons. The van der Waals surface area contributed by atoms with Crippen LogP contribution in [0.25, 0.3) is 0 Å². The second-order valence-corrected chi connectivity index (χ2v) is 5.84. The van der Waals surface area contributed by atoms with Gasteiger partial charge in [-0.1, -0.05) is 13.8 Å². The lowest BCUT2D eigenvalue weighted by atomic mass is 9.92. The van der Waals surface area contributed by atoms with Crippen LogP contribution in [0.2, 0.25) is 0 Å². The number of carbonyl (C=O) groups excluding carboxylic acids is 1. The van der Waals surface area contributed by atoms with Crippen LogP contribution >= 0.6 is 15.9 Å². The molecule has 0 fully saturated rings. The van der Waals surface area contributed by atoms with Crippen molar-refractivity contribution in [3.8, 4) is 0 Å². The molecule has 0 aromatic carbocycles. The summed E-state index contributed by atoms with van der Waals surface area (Å²) < 4.78 is 7.43. The molecule has 19 heavy (non-hydrogen) atoms. The number of rotatable bonds is 8. The monoisotopic (exact) mass is 331 g/mol. The van der Waals surface area contributed by atoms with E-state index >= 15 is 0 Å². The summed E-state index contributed by atoms with van der Waals surface area (Å²) in [7, 11) is 1.63. The van der Waals surface area contributed by atoms with E-state index in [9.17, 15) is 4.79 Å². The number of Topliss-reactive ketones (excluding diaryl/α,β-unsaturated/α-hetero) is 1. The Hall–Kier alpha value is -0.720. The molecule has 0 saturated carbocycles. The smallest absolute Gasteiger partial charge is 0.186 e. The molecule has 2 N–H and O–H groups in total. The highest BCUT2D eigenvalue weighted by molar-refractivity contribution is 9.10. The van der Waals surface area contributed by atoms with Crippen LogP contribution in [0.3, 0.4) is 0 Å². The van der Waals surface area contributed by atoms with Crippen molar-refractivity contribution in [2.75, 3.05) is 20.3 Å². The fourth-order valence-corrected chi connectivity index (χ4v) is 2.52. The molecule has 0 radical (unpaired) electrons. The summed E-state index contributed by atoms with van der Waals surface area (Å²) in [5.74, 6) is 0.331. The molecule has 1 rings (SSSR count). The van der Waals surface area contributed by atoms with E-state index in [4.69, 9.17) is 10.5 Å². The molecule has 1 unspecified atom stereocenters. The topological polar surface area (TPSA) is 70.1 Å². The van der Waals surface area contributed by atoms with Crippen LogP contribution in [0.1, 0.15) is 30.8 Å². The number of hydrogen-bond acceptors (Lipinski definition) is 4. The van der Waals surface area contributed by atoms with Gasteiger partial charge in [-0.3, -0.25) is 9.48 Å². The molecule has 0 aliphatic carbocycles. The Kier molecular flexibility index (Phi) is 6.68. The molecule has 0 aliphatic rings. The highest BCUT2D eigenvalue weighted by atomic mass is 79.9. The van der Waals surface area contributed by atoms with E-state index in [0.29, 0.717) is 31.3 Å². The fourth-order valence-electron chi connectivity index (χ4n) is 2.03. The van der Waals surface area contributed by atoms with E-state index < -0.39 is 0 Å². The van der Waals surface area contributed by atoms with Crippen molar-refractivity contribution in [1.82, 2.24) is 9.78 Å². The average molecular weight is 332 g/mol. The van der Waals surface area contributed by atoms with Crippen LogP contribution in [0.5, 0.6) is 0 Å². The minimum Gasteiger partial charge on any atom is -0.383 e. The zero-order valence-electron chi connectivity index (χ0n) is 11.7. The van der Waals surface area contributed by atoms with E-state index in [-0.39, 0.29) is 11.7 Å². The Morgan fingerprint density at radius 1 is 1.58 bits per heavy atom. The quantitative estimate of drug-likeness (QED) is 0.740. The summed E-state index contributed by atoms with van der Waals surface area (Å²) in [6.45, 7) is 5.62. The summed E-state index contributed by atoms with van der Waals surface area (Å²) >= 11 is 3.39. The number of ketones is 1. The molecule has 1 atom stereocenters. The summed E-state index contributed by atoms with van der Waals surface area (Å²) in [5.41, 5.74) is 6.33. The first kappa shape index (κ1) is 16.3. The normalized spacial score (nSPS) is 12.9. The van der Waals surface area contributed by atoms with Gasteiger partial charge in [0, 0.05) is 19.6 Å². The number of halogens is 1. The summed E-state index contributed by atoms with van der Waals surface area (Å²) in [5, 5.41) is 4.20. The van der Waals surface area contributed by atoms with Crippen molar-refractivity contribution >= 4 is 21.7 Å². The van der Waals surface area contributed by atoms with Crippen LogP contribution < -0.4 is 5.73 Å². The van der Waals surface area contributed by atoms with E-state index in [0.717, 1.165) is 10.9 Å². The third-order valence-electron chi connectivity index (χ3n) is 2.95. The number of nitrogens with two attached hydrogens (primary N) is 1. The average Bonchev–Trinajstić information content (AvgIpc) is 2.73. The number of nitrogens with zero attached hydrogens (tertiary/aromatic N) is 2. The molecule has 0 amide bonds. The molecule has 0 spiro atoms. The van der Waals surface area contributed by atoms with Gasteiger partial charge in [0.2, 0.25) is 0 Å². The number of methoxy groups -OCH3 is 1. The van der Waals surface area contributed by atoms with E-state index in [2.05, 4.69) is 34.9 Å². The van der Waals surface area contributed by atoms with Gasteiger partial charge in [-0.05, 0) is 28.3 Å². The zero-order valence-corrected chi connectivity index (χ0v) is 13.3. The highest BCUT2D eigenvalue weighted by Crippen LogP contribution is 2.22. The molecule has 1 heterocycles. The lowest BCUT2D eigenvalue weighted by Gasteiger charge is -2.17. The largest absolute Gasteiger partial charge is 0.383 e. The number of ether oxygens (including phenoxy) is 1. The van der Waals surface area contributed by atoms with Crippen LogP contribution in [-0.2, 0) is 11.3 Å². The molecule has 0 aliphatic heterocycles. The van der Waals surface area contributed by atoms with E-state index in [1.807, 2.05) is 0 Å². The first-order valence-corrected chi connectivity index (χ1v) is 7.25. The predicted octanol–water partition coefficient (Wildman–Crippen LogP) is 2.10. The predicted molar refractivity (Wildman–Crippen MR) is 78.1 cm³/mol. The van der Waals surface area contributed by atoms with Gasteiger partial charge in [0.25, 0.3) is 0 Å². The molecule has 1 aromatic rings. The highest BCUT2D eigenvalue weighted by Gasteiger charge is 2.25. The van der Waals surface area contributed by atoms with Gasteiger partial charge in [0.15, 0.2) is 5.78 Å². The second kappa shape index (κ2) is 7.77. The van der Waals surface area contributed by atoms with Crippen molar-refractivity contribution in [1.29, 1.82) is 0 Å². The summed E-state index contributed by atoms with van der Waals surface area (Å²) in [6, 6.07) is 0. The Morgan fingerprint density at radius 2 is 2.26 bits per heavy atom. The van der Waals surface area contributed by atoms with Crippen molar-refractivity contribution in [3.63, 3.8) is 0 Å². The Balaban J connectivity index is 2.93. The molecule has 5 nitrogen and oxygen atoms in total. The number of aromatic nitrogens is 2. The molecular weight excluding hydrogens is 310 g/mol. The van der Waals surface area contributed by atoms with Gasteiger partial charge in [0.05, 0.1) is 23.8 Å². The maximum absolute atomic E-state index is 12.6. The van der Waals surface area contributed by atoms with Crippen LogP contribution in [0, 0.1) is 11.8 Å². The Morgan fingerprint density at radius 3 is 2.79 bits per heavy atom. The third kappa shape index (κ3) is 4.40. The van der Waals surface area contributed by atoms with E-state index in [1.165, 1.54) is 0 Å². The van der Waals surface area contributed by atoms with Crippen molar-refractivity contribution < 1.29 is 9.53 Å². The minimum absolute atomic E-state index is 0.0525. The molecule has 0 saturated heterocycles. The summed E-state index contributed by atoms with van der Waals surface area (Å²) in [4.78, 5) is 12.6. The number of hydrogen-bond donors (Lipinski definition) is 1. The van der Waals surface area contributed by atoms with Crippen LogP contribution in [0.15, 0.2) is 10.7 Å². The molecule has 6 heteroatoms. The van der Waals surface area contributed by atoms with E-state index in [1.54, 1.807) is 18.0 Å². The maximum atomic E-state index is 12.6. The lowest BCUT2D eigenvalue weighted by Crippen LogP contribution is -2.28. The molecule has 1 aromatic heterocycles. The van der Waals surface area contributed by atoms with Gasteiger partial charge >= 0.3 is 0 Å². The van der Waals surface area contributed by atoms with Gasteiger partial charge in [-0.2, -0.15) is 5.10 Å². The third-order valence-corrected chi connectivity index (χ3v) is 3.53. The first-order valence-electron chi connectivity index (χ1n) is 6.45. The Bertz CT molecular complexity index is 418. The standard InChI is InChI=1S/C13H22BrN3O2/c1-9(2)6-10(7-15)13(18)12-11(14)8-16-17(12)4-5-19-3/h8-10H,4-7,15H2,1-3H3. The number of carbonyl (C=O) groups is 1.